The van der Waals surface area contributed by atoms with E-state index in [1.165, 1.54) is 29.9 Å². The molecule has 1 rings (SSSR count). The van der Waals surface area contributed by atoms with E-state index in [4.69, 9.17) is 0 Å². The zero-order valence-corrected chi connectivity index (χ0v) is 9.43. The van der Waals surface area contributed by atoms with Gasteiger partial charge in [-0.1, -0.05) is 44.9 Å². The van der Waals surface area contributed by atoms with Crippen molar-refractivity contribution in [2.24, 2.45) is 0 Å². The van der Waals surface area contributed by atoms with Crippen LogP contribution < -0.4 is 0 Å². The third-order valence-electron chi connectivity index (χ3n) is 1.79. The molecule has 1 heterocycles. The first-order valence-corrected chi connectivity index (χ1v) is 6.83. The lowest BCUT2D eigenvalue weighted by Crippen LogP contribution is -1.92. The number of hydrogen-bond acceptors (Lipinski definition) is 2. The summed E-state index contributed by atoms with van der Waals surface area (Å²) in [5.41, 5.74) is 3.07. The van der Waals surface area contributed by atoms with Gasteiger partial charge in [0.2, 0.25) is 0 Å². The molecule has 0 radical (unpaired) electrons. The topological polar surface area (TPSA) is 0 Å². The number of allylic oxidation sites excluding steroid dienone is 2. The SMILES string of the molecule is CC(C)=CCCC1=CCSSC1. The van der Waals surface area contributed by atoms with Gasteiger partial charge in [-0.2, -0.15) is 0 Å². The smallest absolute Gasteiger partial charge is 0.0248 e. The Bertz CT molecular complexity index is 188. The molecular weight excluding hydrogens is 184 g/mol. The van der Waals surface area contributed by atoms with Gasteiger partial charge in [-0.25, -0.2) is 0 Å². The fourth-order valence-corrected chi connectivity index (χ4v) is 3.19. The molecule has 0 saturated heterocycles. The Morgan fingerprint density at radius 2 is 2.33 bits per heavy atom. The largest absolute Gasteiger partial charge is 0.0896 e. The summed E-state index contributed by atoms with van der Waals surface area (Å²) in [6, 6.07) is 0. The molecule has 0 aromatic carbocycles. The third kappa shape index (κ3) is 4.27. The molecule has 0 fully saturated rings. The van der Waals surface area contributed by atoms with Crippen molar-refractivity contribution in [1.82, 2.24) is 0 Å². The molecule has 0 aromatic rings. The first kappa shape index (κ1) is 10.3. The molecule has 0 spiro atoms. The Morgan fingerprint density at radius 1 is 1.50 bits per heavy atom. The van der Waals surface area contributed by atoms with Gasteiger partial charge < -0.3 is 0 Å². The minimum atomic E-state index is 1.20. The lowest BCUT2D eigenvalue weighted by molar-refractivity contribution is 0.968. The summed E-state index contributed by atoms with van der Waals surface area (Å²) in [5, 5.41) is 0. The average molecular weight is 200 g/mol. The van der Waals surface area contributed by atoms with Crippen LogP contribution in [0.5, 0.6) is 0 Å². The van der Waals surface area contributed by atoms with Gasteiger partial charge in [0.25, 0.3) is 0 Å². The van der Waals surface area contributed by atoms with Crippen molar-refractivity contribution in [3.63, 3.8) is 0 Å². The van der Waals surface area contributed by atoms with Gasteiger partial charge in [-0.05, 0) is 26.7 Å². The van der Waals surface area contributed by atoms with Crippen LogP contribution in [0, 0.1) is 0 Å². The summed E-state index contributed by atoms with van der Waals surface area (Å²) in [4.78, 5) is 0. The quantitative estimate of drug-likeness (QED) is 0.498. The van der Waals surface area contributed by atoms with E-state index in [1.54, 1.807) is 5.57 Å². The monoisotopic (exact) mass is 200 g/mol. The summed E-state index contributed by atoms with van der Waals surface area (Å²) in [6.45, 7) is 4.33. The molecule has 0 bridgehead atoms. The summed E-state index contributed by atoms with van der Waals surface area (Å²) < 4.78 is 0. The Morgan fingerprint density at radius 3 is 2.92 bits per heavy atom. The second-order valence-electron chi connectivity index (χ2n) is 3.23. The Kier molecular flexibility index (Phi) is 4.93. The highest BCUT2D eigenvalue weighted by Gasteiger charge is 2.02. The molecule has 0 aromatic heterocycles. The van der Waals surface area contributed by atoms with Crippen LogP contribution in [0.15, 0.2) is 23.3 Å². The fourth-order valence-electron chi connectivity index (χ4n) is 1.10. The van der Waals surface area contributed by atoms with Crippen LogP contribution in [0.1, 0.15) is 26.7 Å². The third-order valence-corrected chi connectivity index (χ3v) is 4.01. The van der Waals surface area contributed by atoms with E-state index in [0.717, 1.165) is 0 Å². The lowest BCUT2D eigenvalue weighted by Gasteiger charge is -2.10. The van der Waals surface area contributed by atoms with Crippen LogP contribution in [0.3, 0.4) is 0 Å². The number of hydrogen-bond donors (Lipinski definition) is 0. The highest BCUT2D eigenvalue weighted by molar-refractivity contribution is 8.76. The molecule has 0 aliphatic carbocycles. The normalized spacial score (nSPS) is 17.0. The first-order valence-electron chi connectivity index (χ1n) is 4.34. The van der Waals surface area contributed by atoms with Gasteiger partial charge in [0.1, 0.15) is 0 Å². The molecule has 0 atom stereocenters. The Labute approximate surface area is 83.3 Å². The van der Waals surface area contributed by atoms with E-state index in [2.05, 4.69) is 26.0 Å². The second-order valence-corrected chi connectivity index (χ2v) is 5.74. The maximum Gasteiger partial charge on any atom is 0.0248 e. The molecule has 1 aliphatic heterocycles. The average Bonchev–Trinajstić information content (AvgIpc) is 2.05. The molecule has 0 nitrogen and oxygen atoms in total. The summed E-state index contributed by atoms with van der Waals surface area (Å²) >= 11 is 0. The molecule has 0 amide bonds. The van der Waals surface area contributed by atoms with Crippen LogP contribution in [0.2, 0.25) is 0 Å². The van der Waals surface area contributed by atoms with Crippen LogP contribution in [-0.4, -0.2) is 11.5 Å². The summed E-state index contributed by atoms with van der Waals surface area (Å²) in [5.74, 6) is 2.44. The number of rotatable bonds is 3. The predicted octanol–water partition coefficient (Wildman–Crippen LogP) is 4.05. The molecule has 68 valence electrons. The second kappa shape index (κ2) is 5.76. The van der Waals surface area contributed by atoms with E-state index in [9.17, 15) is 0 Å². The first-order chi connectivity index (χ1) is 5.79. The van der Waals surface area contributed by atoms with Gasteiger partial charge in [0, 0.05) is 11.5 Å². The van der Waals surface area contributed by atoms with E-state index in [1.807, 2.05) is 21.6 Å². The van der Waals surface area contributed by atoms with Gasteiger partial charge in [0.05, 0.1) is 0 Å². The van der Waals surface area contributed by atoms with Gasteiger partial charge in [0.15, 0.2) is 0 Å². The van der Waals surface area contributed by atoms with Gasteiger partial charge in [-0.3, -0.25) is 0 Å². The highest BCUT2D eigenvalue weighted by atomic mass is 33.1. The Hall–Kier alpha value is 0.180. The van der Waals surface area contributed by atoms with Gasteiger partial charge in [-0.15, -0.1) is 0 Å². The predicted molar refractivity (Wildman–Crippen MR) is 61.7 cm³/mol. The maximum atomic E-state index is 2.39. The lowest BCUT2D eigenvalue weighted by atomic mass is 10.1. The molecular formula is C10H16S2. The van der Waals surface area contributed by atoms with E-state index >= 15 is 0 Å². The van der Waals surface area contributed by atoms with Crippen LogP contribution in [-0.2, 0) is 0 Å². The van der Waals surface area contributed by atoms with E-state index < -0.39 is 0 Å². The van der Waals surface area contributed by atoms with Crippen molar-refractivity contribution in [2.75, 3.05) is 11.5 Å². The molecule has 1 aliphatic rings. The van der Waals surface area contributed by atoms with Crippen molar-refractivity contribution >= 4 is 21.6 Å². The van der Waals surface area contributed by atoms with Crippen molar-refractivity contribution in [3.05, 3.63) is 23.3 Å². The van der Waals surface area contributed by atoms with Crippen LogP contribution in [0.25, 0.3) is 0 Å². The van der Waals surface area contributed by atoms with Crippen LogP contribution >= 0.6 is 21.6 Å². The van der Waals surface area contributed by atoms with E-state index in [0.29, 0.717) is 0 Å². The molecule has 2 heteroatoms. The Balaban J connectivity index is 2.22. The van der Waals surface area contributed by atoms with Crippen molar-refractivity contribution in [3.8, 4) is 0 Å². The van der Waals surface area contributed by atoms with Gasteiger partial charge >= 0.3 is 0 Å². The summed E-state index contributed by atoms with van der Waals surface area (Å²) in [6.07, 6.45) is 7.20. The van der Waals surface area contributed by atoms with E-state index in [-0.39, 0.29) is 0 Å². The minimum Gasteiger partial charge on any atom is -0.0896 e. The van der Waals surface area contributed by atoms with Crippen LogP contribution in [0.4, 0.5) is 0 Å². The zero-order valence-electron chi connectivity index (χ0n) is 7.80. The molecule has 0 saturated carbocycles. The standard InChI is InChI=1S/C10H16S2/c1-9(2)4-3-5-10-6-7-11-12-8-10/h4,6H,3,5,7-8H2,1-2H3. The maximum absolute atomic E-state index is 2.39. The highest BCUT2D eigenvalue weighted by Crippen LogP contribution is 2.30. The molecule has 0 N–H and O–H groups in total. The van der Waals surface area contributed by atoms with Crippen molar-refractivity contribution in [2.45, 2.75) is 26.7 Å². The van der Waals surface area contributed by atoms with Crippen molar-refractivity contribution < 1.29 is 0 Å². The minimum absolute atomic E-state index is 1.20. The fraction of sp³-hybridized carbons (Fsp3) is 0.600. The summed E-state index contributed by atoms with van der Waals surface area (Å²) in [7, 11) is 3.95. The van der Waals surface area contributed by atoms with Crippen molar-refractivity contribution in [1.29, 1.82) is 0 Å². The zero-order chi connectivity index (χ0) is 8.81. The molecule has 0 unspecified atom stereocenters. The molecule has 12 heavy (non-hydrogen) atoms.